The quantitative estimate of drug-likeness (QED) is 0.196. The minimum absolute atomic E-state index is 0.590. The summed E-state index contributed by atoms with van der Waals surface area (Å²) >= 11 is 0. The fourth-order valence-corrected chi connectivity index (χ4v) is 7.46. The van der Waals surface area contributed by atoms with Gasteiger partial charge in [0, 0.05) is 38.2 Å². The van der Waals surface area contributed by atoms with Crippen molar-refractivity contribution in [3.63, 3.8) is 0 Å². The summed E-state index contributed by atoms with van der Waals surface area (Å²) in [4.78, 5) is 0. The molecule has 5 heteroatoms. The first-order chi connectivity index (χ1) is 24.2. The zero-order valence-electron chi connectivity index (χ0n) is 25.9. The van der Waals surface area contributed by atoms with Gasteiger partial charge in [0.05, 0.1) is 39.7 Å². The van der Waals surface area contributed by atoms with Crippen molar-refractivity contribution in [2.45, 2.75) is 0 Å². The summed E-state index contributed by atoms with van der Waals surface area (Å²) in [5.41, 5.74) is 11.3. The van der Waals surface area contributed by atoms with Crippen LogP contribution in [0.3, 0.4) is 0 Å². The fourth-order valence-electron chi connectivity index (χ4n) is 7.46. The molecule has 0 atom stereocenters. The maximum Gasteiger partial charge on any atom is 0.143 e. The van der Waals surface area contributed by atoms with E-state index in [-0.39, 0.29) is 0 Å². The lowest BCUT2D eigenvalue weighted by Gasteiger charge is -2.15. The van der Waals surface area contributed by atoms with Gasteiger partial charge in [0.2, 0.25) is 0 Å². The van der Waals surface area contributed by atoms with E-state index in [1.807, 2.05) is 60.7 Å². The molecule has 0 bridgehead atoms. The summed E-state index contributed by atoms with van der Waals surface area (Å²) < 4.78 is 15.2. The van der Waals surface area contributed by atoms with Crippen molar-refractivity contribution < 1.29 is 8.83 Å². The largest absolute Gasteiger partial charge is 0.456 e. The number of hydrogen-bond donors (Lipinski definition) is 0. The molecule has 5 nitrogen and oxygen atoms in total. The maximum absolute atomic E-state index is 9.78. The number of para-hydroxylation sites is 3. The van der Waals surface area contributed by atoms with Crippen LogP contribution in [0.4, 0.5) is 0 Å². The van der Waals surface area contributed by atoms with E-state index in [0.29, 0.717) is 11.1 Å². The van der Waals surface area contributed by atoms with Crippen molar-refractivity contribution in [1.29, 1.82) is 10.5 Å². The second-order valence-electron chi connectivity index (χ2n) is 12.4. The van der Waals surface area contributed by atoms with Crippen molar-refractivity contribution in [3.05, 3.63) is 151 Å². The maximum atomic E-state index is 9.78. The minimum atomic E-state index is 0.590. The normalized spacial score (nSPS) is 11.6. The minimum Gasteiger partial charge on any atom is -0.456 e. The van der Waals surface area contributed by atoms with Crippen molar-refractivity contribution >= 4 is 65.7 Å². The van der Waals surface area contributed by atoms with Gasteiger partial charge in [-0.05, 0) is 89.5 Å². The summed E-state index contributed by atoms with van der Waals surface area (Å²) in [6, 6.07) is 51.5. The predicted octanol–water partition coefficient (Wildman–Crippen LogP) is 11.7. The van der Waals surface area contributed by atoms with Gasteiger partial charge in [-0.2, -0.15) is 10.5 Å². The van der Waals surface area contributed by atoms with Gasteiger partial charge >= 0.3 is 0 Å². The Kier molecular flexibility index (Phi) is 5.64. The molecule has 0 N–H and O–H groups in total. The second kappa shape index (κ2) is 10.2. The zero-order chi connectivity index (χ0) is 32.6. The van der Waals surface area contributed by atoms with E-state index >= 15 is 0 Å². The van der Waals surface area contributed by atoms with Gasteiger partial charge in [0.1, 0.15) is 22.3 Å². The monoisotopic (exact) mass is 625 g/mol. The Balaban J connectivity index is 1.34. The summed E-state index contributed by atoms with van der Waals surface area (Å²) in [7, 11) is 0. The predicted molar refractivity (Wildman–Crippen MR) is 196 cm³/mol. The smallest absolute Gasteiger partial charge is 0.143 e. The van der Waals surface area contributed by atoms with E-state index in [1.54, 1.807) is 6.07 Å². The lowest BCUT2D eigenvalue weighted by atomic mass is 9.95. The standard InChI is InChI=1S/C44H23N3O2/c45-24-26-7-5-8-28(19-26)29-21-30(32-11-6-12-35-37-20-27(25-46)15-17-40(37)49-44(32)35)23-31(22-29)47-38-13-3-1-9-33(38)34-16-18-41-42(43(34)47)36-10-2-4-14-39(36)48-41/h1-23H. The van der Waals surface area contributed by atoms with E-state index in [0.717, 1.165) is 93.6 Å². The molecule has 0 aliphatic carbocycles. The Labute approximate surface area is 279 Å². The Hall–Kier alpha value is -7.08. The van der Waals surface area contributed by atoms with Crippen LogP contribution >= 0.6 is 0 Å². The van der Waals surface area contributed by atoms with Crippen LogP contribution < -0.4 is 0 Å². The van der Waals surface area contributed by atoms with E-state index in [2.05, 4.69) is 89.5 Å². The number of nitriles is 2. The van der Waals surface area contributed by atoms with Crippen molar-refractivity contribution in [2.75, 3.05) is 0 Å². The molecule has 0 spiro atoms. The highest BCUT2D eigenvalue weighted by Crippen LogP contribution is 2.43. The topological polar surface area (TPSA) is 78.8 Å². The Morgan fingerprint density at radius 2 is 1.20 bits per heavy atom. The lowest BCUT2D eigenvalue weighted by Crippen LogP contribution is -1.96. The molecule has 3 aromatic heterocycles. The highest BCUT2D eigenvalue weighted by molar-refractivity contribution is 6.24. The van der Waals surface area contributed by atoms with Gasteiger partial charge < -0.3 is 13.4 Å². The molecule has 0 unspecified atom stereocenters. The third-order valence-electron chi connectivity index (χ3n) is 9.61. The van der Waals surface area contributed by atoms with Crippen LogP contribution in [-0.4, -0.2) is 4.57 Å². The molecule has 49 heavy (non-hydrogen) atoms. The van der Waals surface area contributed by atoms with Crippen LogP contribution in [0.25, 0.3) is 93.6 Å². The number of hydrogen-bond acceptors (Lipinski definition) is 4. The molecule has 0 amide bonds. The number of rotatable bonds is 3. The van der Waals surface area contributed by atoms with Gasteiger partial charge in [-0.3, -0.25) is 0 Å². The van der Waals surface area contributed by atoms with Crippen molar-refractivity contribution in [2.24, 2.45) is 0 Å². The molecule has 0 saturated carbocycles. The molecule has 10 rings (SSSR count). The van der Waals surface area contributed by atoms with Crippen LogP contribution in [0.2, 0.25) is 0 Å². The molecule has 3 heterocycles. The second-order valence-corrected chi connectivity index (χ2v) is 12.4. The first kappa shape index (κ1) is 27.1. The van der Waals surface area contributed by atoms with Crippen LogP contribution in [0.1, 0.15) is 11.1 Å². The number of nitrogens with zero attached hydrogens (tertiary/aromatic N) is 3. The van der Waals surface area contributed by atoms with Crippen LogP contribution in [-0.2, 0) is 0 Å². The van der Waals surface area contributed by atoms with E-state index < -0.39 is 0 Å². The molecule has 7 aromatic carbocycles. The Morgan fingerprint density at radius 3 is 2.10 bits per heavy atom. The van der Waals surface area contributed by atoms with E-state index in [9.17, 15) is 10.5 Å². The Bertz CT molecular complexity index is 3090. The molecular weight excluding hydrogens is 603 g/mol. The third kappa shape index (κ3) is 3.97. The first-order valence-electron chi connectivity index (χ1n) is 16.0. The van der Waals surface area contributed by atoms with Crippen molar-refractivity contribution in [3.8, 4) is 40.1 Å². The number of aromatic nitrogens is 1. The van der Waals surface area contributed by atoms with Crippen LogP contribution in [0.15, 0.2) is 148 Å². The summed E-state index contributed by atoms with van der Waals surface area (Å²) in [6.45, 7) is 0. The average Bonchev–Trinajstić information content (AvgIpc) is 3.83. The Morgan fingerprint density at radius 1 is 0.469 bits per heavy atom. The lowest BCUT2D eigenvalue weighted by molar-refractivity contribution is 0.669. The molecule has 226 valence electrons. The van der Waals surface area contributed by atoms with Gasteiger partial charge in [0.25, 0.3) is 0 Å². The first-order valence-corrected chi connectivity index (χ1v) is 16.0. The van der Waals surface area contributed by atoms with Gasteiger partial charge in [-0.1, -0.05) is 66.7 Å². The van der Waals surface area contributed by atoms with Crippen LogP contribution in [0.5, 0.6) is 0 Å². The van der Waals surface area contributed by atoms with Crippen LogP contribution in [0, 0.1) is 22.7 Å². The highest BCUT2D eigenvalue weighted by atomic mass is 16.3. The van der Waals surface area contributed by atoms with Gasteiger partial charge in [0.15, 0.2) is 0 Å². The molecule has 0 aliphatic heterocycles. The molecular formula is C44H23N3O2. The fraction of sp³-hybridized carbons (Fsp3) is 0. The molecule has 0 fully saturated rings. The summed E-state index contributed by atoms with van der Waals surface area (Å²) in [5.74, 6) is 0. The highest BCUT2D eigenvalue weighted by Gasteiger charge is 2.21. The number of furan rings is 2. The van der Waals surface area contributed by atoms with Crippen molar-refractivity contribution in [1.82, 2.24) is 4.57 Å². The summed E-state index contributed by atoms with van der Waals surface area (Å²) in [6.07, 6.45) is 0. The third-order valence-corrected chi connectivity index (χ3v) is 9.61. The molecule has 10 aromatic rings. The van der Waals surface area contributed by atoms with E-state index in [1.165, 1.54) is 0 Å². The SMILES string of the molecule is N#Cc1cccc(-c2cc(-c3cccc4c3oc3ccc(C#N)cc34)cc(-n3c4ccccc4c4ccc5oc6ccccc6c5c43)c2)c1. The molecule has 0 aliphatic rings. The molecule has 0 saturated heterocycles. The molecule has 0 radical (unpaired) electrons. The summed E-state index contributed by atoms with van der Waals surface area (Å²) in [5, 5.41) is 25.6. The zero-order valence-corrected chi connectivity index (χ0v) is 25.9. The van der Waals surface area contributed by atoms with Gasteiger partial charge in [-0.25, -0.2) is 0 Å². The van der Waals surface area contributed by atoms with E-state index in [4.69, 9.17) is 8.83 Å². The number of benzene rings is 7. The number of fused-ring (bicyclic) bond motifs is 10. The van der Waals surface area contributed by atoms with Gasteiger partial charge in [-0.15, -0.1) is 0 Å². The average molecular weight is 626 g/mol.